The van der Waals surface area contributed by atoms with Crippen LogP contribution in [0.3, 0.4) is 0 Å². The third-order valence-corrected chi connectivity index (χ3v) is 5.29. The van der Waals surface area contributed by atoms with E-state index in [4.69, 9.17) is 9.15 Å². The van der Waals surface area contributed by atoms with E-state index in [0.29, 0.717) is 19.6 Å². The molecule has 1 atom stereocenters. The van der Waals surface area contributed by atoms with E-state index in [2.05, 4.69) is 20.4 Å². The number of rotatable bonds is 9. The summed E-state index contributed by atoms with van der Waals surface area (Å²) < 4.78 is 23.7. The topological polar surface area (TPSA) is 87.0 Å². The molecule has 31 heavy (non-hydrogen) atoms. The van der Waals surface area contributed by atoms with Gasteiger partial charge in [-0.25, -0.2) is 4.39 Å². The second-order valence-corrected chi connectivity index (χ2v) is 7.34. The van der Waals surface area contributed by atoms with Crippen molar-refractivity contribution in [1.82, 2.24) is 15.5 Å². The molecule has 2 aromatic rings. The predicted molar refractivity (Wildman–Crippen MR) is 114 cm³/mol. The van der Waals surface area contributed by atoms with Crippen LogP contribution in [0.1, 0.15) is 18.2 Å². The van der Waals surface area contributed by atoms with Crippen molar-refractivity contribution in [2.45, 2.75) is 12.5 Å². The van der Waals surface area contributed by atoms with Crippen LogP contribution in [0.2, 0.25) is 0 Å². The van der Waals surface area contributed by atoms with Gasteiger partial charge in [0, 0.05) is 58.7 Å². The Morgan fingerprint density at radius 2 is 1.81 bits per heavy atom. The molecule has 2 amide bonds. The van der Waals surface area contributed by atoms with Crippen LogP contribution in [0.5, 0.6) is 0 Å². The number of hydrogen-bond donors (Lipinski definition) is 2. The lowest BCUT2D eigenvalue weighted by atomic mass is 10.1. The summed E-state index contributed by atoms with van der Waals surface area (Å²) in [5.74, 6) is -0.843. The van der Waals surface area contributed by atoms with E-state index in [0.717, 1.165) is 37.6 Å². The van der Waals surface area contributed by atoms with Crippen LogP contribution in [0.15, 0.2) is 47.1 Å². The van der Waals surface area contributed by atoms with E-state index < -0.39 is 11.8 Å². The van der Waals surface area contributed by atoms with Gasteiger partial charge in [0.2, 0.25) is 0 Å². The Bertz CT molecular complexity index is 821. The highest BCUT2D eigenvalue weighted by Crippen LogP contribution is 2.24. The van der Waals surface area contributed by atoms with Gasteiger partial charge in [-0.15, -0.1) is 0 Å². The number of ether oxygens (including phenoxy) is 1. The highest BCUT2D eigenvalue weighted by atomic mass is 19.1. The molecule has 0 unspecified atom stereocenters. The number of carbonyl (C=O) groups is 2. The maximum Gasteiger partial charge on any atom is 0.309 e. The van der Waals surface area contributed by atoms with E-state index in [1.807, 2.05) is 6.07 Å². The number of carbonyl (C=O) groups excluding carboxylic acids is 2. The first-order valence-corrected chi connectivity index (χ1v) is 10.4. The minimum Gasteiger partial charge on any atom is -0.468 e. The Labute approximate surface area is 181 Å². The van der Waals surface area contributed by atoms with Gasteiger partial charge >= 0.3 is 11.8 Å². The Hall–Kier alpha value is -2.91. The molecule has 1 aliphatic rings. The maximum atomic E-state index is 13.2. The molecule has 2 N–H and O–H groups in total. The summed E-state index contributed by atoms with van der Waals surface area (Å²) in [5.41, 5.74) is 0.981. The highest BCUT2D eigenvalue weighted by Gasteiger charge is 2.28. The Morgan fingerprint density at radius 3 is 2.45 bits per heavy atom. The summed E-state index contributed by atoms with van der Waals surface area (Å²) in [6, 6.07) is 9.97. The molecular formula is C22H29FN4O4. The molecule has 8 nitrogen and oxygen atoms in total. The van der Waals surface area contributed by atoms with Gasteiger partial charge in [-0.3, -0.25) is 14.5 Å². The van der Waals surface area contributed by atoms with Crippen molar-refractivity contribution < 1.29 is 23.1 Å². The number of anilines is 1. The number of benzene rings is 1. The monoisotopic (exact) mass is 432 g/mol. The summed E-state index contributed by atoms with van der Waals surface area (Å²) >= 11 is 0. The molecule has 0 spiro atoms. The third kappa shape index (κ3) is 6.53. The zero-order chi connectivity index (χ0) is 22.1. The lowest BCUT2D eigenvalue weighted by Gasteiger charge is -2.39. The molecule has 3 rings (SSSR count). The lowest BCUT2D eigenvalue weighted by Crippen LogP contribution is -2.50. The molecule has 1 aromatic carbocycles. The SMILES string of the molecule is COCCCNC(=O)C(=O)NC[C@H](c1ccco1)N1CCN(c2ccc(F)cc2)CC1. The molecular weight excluding hydrogens is 403 g/mol. The van der Waals surface area contributed by atoms with E-state index >= 15 is 0 Å². The second-order valence-electron chi connectivity index (χ2n) is 7.34. The lowest BCUT2D eigenvalue weighted by molar-refractivity contribution is -0.139. The highest BCUT2D eigenvalue weighted by molar-refractivity contribution is 6.35. The van der Waals surface area contributed by atoms with E-state index in [1.165, 1.54) is 12.1 Å². The Morgan fingerprint density at radius 1 is 1.10 bits per heavy atom. The van der Waals surface area contributed by atoms with Gasteiger partial charge in [0.15, 0.2) is 0 Å². The van der Waals surface area contributed by atoms with Crippen molar-refractivity contribution in [1.29, 1.82) is 0 Å². The van der Waals surface area contributed by atoms with Gasteiger partial charge in [0.1, 0.15) is 11.6 Å². The van der Waals surface area contributed by atoms with Crippen LogP contribution in [-0.4, -0.2) is 69.7 Å². The first-order valence-electron chi connectivity index (χ1n) is 10.4. The van der Waals surface area contributed by atoms with Gasteiger partial charge < -0.3 is 24.7 Å². The number of halogens is 1. The van der Waals surface area contributed by atoms with Crippen molar-refractivity contribution in [3.63, 3.8) is 0 Å². The molecule has 0 saturated carbocycles. The van der Waals surface area contributed by atoms with Crippen molar-refractivity contribution in [3.05, 3.63) is 54.2 Å². The molecule has 168 valence electrons. The summed E-state index contributed by atoms with van der Waals surface area (Å²) in [5, 5.41) is 5.30. The molecule has 1 aromatic heterocycles. The standard InChI is InChI=1S/C22H29FN4O4/c1-30-14-3-9-24-21(28)22(29)25-16-19(20-4-2-15-31-20)27-12-10-26(11-13-27)18-7-5-17(23)6-8-18/h2,4-8,15,19H,3,9-14,16H2,1H3,(H,24,28)(H,25,29)/t19-/m1/s1. The van der Waals surface area contributed by atoms with Gasteiger partial charge in [0.25, 0.3) is 0 Å². The Kier molecular flexibility index (Phi) is 8.43. The number of furan rings is 1. The summed E-state index contributed by atoms with van der Waals surface area (Å²) in [6.45, 7) is 4.16. The van der Waals surface area contributed by atoms with E-state index in [9.17, 15) is 14.0 Å². The van der Waals surface area contributed by atoms with Crippen LogP contribution in [-0.2, 0) is 14.3 Å². The summed E-state index contributed by atoms with van der Waals surface area (Å²) in [7, 11) is 1.59. The molecule has 0 radical (unpaired) electrons. The average Bonchev–Trinajstić information content (AvgIpc) is 3.32. The van der Waals surface area contributed by atoms with Crippen LogP contribution >= 0.6 is 0 Å². The Balaban J connectivity index is 1.54. The van der Waals surface area contributed by atoms with Crippen LogP contribution in [0.4, 0.5) is 10.1 Å². The summed E-state index contributed by atoms with van der Waals surface area (Å²) in [4.78, 5) is 28.6. The molecule has 1 aliphatic heterocycles. The molecule has 0 bridgehead atoms. The number of amides is 2. The fraction of sp³-hybridized carbons (Fsp3) is 0.455. The van der Waals surface area contributed by atoms with E-state index in [1.54, 1.807) is 31.6 Å². The van der Waals surface area contributed by atoms with Crippen LogP contribution in [0.25, 0.3) is 0 Å². The van der Waals surface area contributed by atoms with Crippen molar-refractivity contribution >= 4 is 17.5 Å². The number of piperazine rings is 1. The zero-order valence-electron chi connectivity index (χ0n) is 17.7. The van der Waals surface area contributed by atoms with Gasteiger partial charge in [-0.2, -0.15) is 0 Å². The number of nitrogens with one attached hydrogen (secondary N) is 2. The zero-order valence-corrected chi connectivity index (χ0v) is 17.7. The van der Waals surface area contributed by atoms with Crippen LogP contribution in [0, 0.1) is 5.82 Å². The average molecular weight is 432 g/mol. The second kappa shape index (κ2) is 11.5. The number of methoxy groups -OCH3 is 1. The molecule has 2 heterocycles. The molecule has 1 saturated heterocycles. The van der Waals surface area contributed by atoms with Crippen molar-refractivity contribution in [3.8, 4) is 0 Å². The normalized spacial score (nSPS) is 15.5. The smallest absolute Gasteiger partial charge is 0.309 e. The van der Waals surface area contributed by atoms with Gasteiger partial charge in [-0.1, -0.05) is 0 Å². The fourth-order valence-corrected chi connectivity index (χ4v) is 3.60. The van der Waals surface area contributed by atoms with Crippen molar-refractivity contribution in [2.24, 2.45) is 0 Å². The number of nitrogens with zero attached hydrogens (tertiary/aromatic N) is 2. The van der Waals surface area contributed by atoms with Crippen LogP contribution < -0.4 is 15.5 Å². The molecule has 9 heteroatoms. The van der Waals surface area contributed by atoms with E-state index in [-0.39, 0.29) is 18.4 Å². The number of hydrogen-bond acceptors (Lipinski definition) is 6. The van der Waals surface area contributed by atoms with Crippen molar-refractivity contribution in [2.75, 3.05) is 57.9 Å². The molecule has 1 fully saturated rings. The third-order valence-electron chi connectivity index (χ3n) is 5.29. The minimum absolute atomic E-state index is 0.185. The first-order chi connectivity index (χ1) is 15.1. The quantitative estimate of drug-likeness (QED) is 0.462. The van der Waals surface area contributed by atoms with Gasteiger partial charge in [-0.05, 0) is 42.8 Å². The largest absolute Gasteiger partial charge is 0.468 e. The van der Waals surface area contributed by atoms with Gasteiger partial charge in [0.05, 0.1) is 12.3 Å². The minimum atomic E-state index is -0.668. The molecule has 0 aliphatic carbocycles. The maximum absolute atomic E-state index is 13.2. The first kappa shape index (κ1) is 22.8. The fourth-order valence-electron chi connectivity index (χ4n) is 3.60. The summed E-state index contributed by atoms with van der Waals surface area (Å²) in [6.07, 6.45) is 2.24. The predicted octanol–water partition coefficient (Wildman–Crippen LogP) is 1.55.